The molecule has 0 radical (unpaired) electrons. The van der Waals surface area contributed by atoms with Gasteiger partial charge < -0.3 is 24.8 Å². The monoisotopic (exact) mass is 308 g/mol. The van der Waals surface area contributed by atoms with Crippen LogP contribution < -0.4 is 14.8 Å². The van der Waals surface area contributed by atoms with Crippen LogP contribution in [0.2, 0.25) is 0 Å². The van der Waals surface area contributed by atoms with Crippen LogP contribution in [0, 0.1) is 0 Å². The molecule has 1 fully saturated rings. The maximum atomic E-state index is 10.2. The molecule has 1 aromatic rings. The molecule has 2 atom stereocenters. The standard InChI is InChI=1S/C17H28N2O3/c1-13(16-10-15(21-2)6-7-17(16)22-3)18-11-14(20)12-19-8-4-5-9-19/h6-7,10,13-14,18,20H,4-5,8-9,11-12H2,1-3H3. The molecule has 0 amide bonds. The summed E-state index contributed by atoms with van der Waals surface area (Å²) < 4.78 is 10.7. The highest BCUT2D eigenvalue weighted by Crippen LogP contribution is 2.29. The SMILES string of the molecule is COc1ccc(OC)c(C(C)NCC(O)CN2CCCC2)c1. The van der Waals surface area contributed by atoms with Gasteiger partial charge in [0.15, 0.2) is 0 Å². The van der Waals surface area contributed by atoms with Crippen molar-refractivity contribution in [1.29, 1.82) is 0 Å². The van der Waals surface area contributed by atoms with Gasteiger partial charge in [-0.1, -0.05) is 0 Å². The Balaban J connectivity index is 1.89. The highest BCUT2D eigenvalue weighted by molar-refractivity contribution is 5.42. The number of likely N-dealkylation sites (tertiary alicyclic amines) is 1. The van der Waals surface area contributed by atoms with Crippen molar-refractivity contribution >= 4 is 0 Å². The molecule has 1 saturated heterocycles. The minimum absolute atomic E-state index is 0.0817. The second-order valence-corrected chi connectivity index (χ2v) is 5.90. The molecule has 1 aliphatic rings. The van der Waals surface area contributed by atoms with Crippen molar-refractivity contribution in [1.82, 2.24) is 10.2 Å². The second-order valence-electron chi connectivity index (χ2n) is 5.90. The van der Waals surface area contributed by atoms with Gasteiger partial charge in [0.1, 0.15) is 11.5 Å². The van der Waals surface area contributed by atoms with Gasteiger partial charge >= 0.3 is 0 Å². The average molecular weight is 308 g/mol. The first-order chi connectivity index (χ1) is 10.6. The first kappa shape index (κ1) is 17.1. The lowest BCUT2D eigenvalue weighted by Crippen LogP contribution is -2.37. The molecule has 0 bridgehead atoms. The Bertz CT molecular complexity index is 461. The minimum Gasteiger partial charge on any atom is -0.497 e. The van der Waals surface area contributed by atoms with Crippen molar-refractivity contribution in [2.45, 2.75) is 31.9 Å². The minimum atomic E-state index is -0.350. The van der Waals surface area contributed by atoms with Crippen LogP contribution >= 0.6 is 0 Å². The van der Waals surface area contributed by atoms with E-state index in [-0.39, 0.29) is 12.1 Å². The average Bonchev–Trinajstić information content (AvgIpc) is 3.04. The molecule has 0 aliphatic carbocycles. The third-order valence-electron chi connectivity index (χ3n) is 4.23. The predicted molar refractivity (Wildman–Crippen MR) is 87.6 cm³/mol. The Morgan fingerprint density at radius 2 is 1.95 bits per heavy atom. The molecule has 2 rings (SSSR count). The first-order valence-electron chi connectivity index (χ1n) is 7.99. The van der Waals surface area contributed by atoms with Gasteiger partial charge in [-0.05, 0) is 51.1 Å². The zero-order valence-electron chi connectivity index (χ0n) is 13.8. The van der Waals surface area contributed by atoms with E-state index in [0.29, 0.717) is 6.54 Å². The number of ether oxygens (including phenoxy) is 2. The van der Waals surface area contributed by atoms with Gasteiger partial charge in [-0.3, -0.25) is 0 Å². The summed E-state index contributed by atoms with van der Waals surface area (Å²) in [5.41, 5.74) is 1.04. The Morgan fingerprint density at radius 3 is 2.59 bits per heavy atom. The largest absolute Gasteiger partial charge is 0.497 e. The van der Waals surface area contributed by atoms with Gasteiger partial charge in [-0.2, -0.15) is 0 Å². The lowest BCUT2D eigenvalue weighted by atomic mass is 10.1. The van der Waals surface area contributed by atoms with Crippen LogP contribution in [0.1, 0.15) is 31.4 Å². The van der Waals surface area contributed by atoms with Crippen LogP contribution in [-0.4, -0.2) is 56.5 Å². The van der Waals surface area contributed by atoms with Crippen molar-refractivity contribution < 1.29 is 14.6 Å². The fourth-order valence-corrected chi connectivity index (χ4v) is 2.93. The van der Waals surface area contributed by atoms with E-state index in [1.54, 1.807) is 14.2 Å². The van der Waals surface area contributed by atoms with Gasteiger partial charge in [0.05, 0.1) is 20.3 Å². The Kier molecular flexibility index (Phi) is 6.49. The maximum Gasteiger partial charge on any atom is 0.123 e. The number of nitrogens with one attached hydrogen (secondary N) is 1. The van der Waals surface area contributed by atoms with Crippen LogP contribution in [0.5, 0.6) is 11.5 Å². The predicted octanol–water partition coefficient (Wildman–Crippen LogP) is 1.81. The van der Waals surface area contributed by atoms with E-state index in [1.165, 1.54) is 12.8 Å². The summed E-state index contributed by atoms with van der Waals surface area (Å²) in [6.45, 7) is 5.60. The summed E-state index contributed by atoms with van der Waals surface area (Å²) in [4.78, 5) is 2.32. The van der Waals surface area contributed by atoms with E-state index in [9.17, 15) is 5.11 Å². The van der Waals surface area contributed by atoms with Crippen LogP contribution in [-0.2, 0) is 0 Å². The summed E-state index contributed by atoms with van der Waals surface area (Å²) in [5, 5.41) is 13.6. The van der Waals surface area contributed by atoms with E-state index in [2.05, 4.69) is 17.1 Å². The van der Waals surface area contributed by atoms with Crippen LogP contribution in [0.3, 0.4) is 0 Å². The van der Waals surface area contributed by atoms with Gasteiger partial charge in [-0.25, -0.2) is 0 Å². The number of β-amino-alcohol motifs (C(OH)–C–C–N with tert-alkyl or cyclic N) is 1. The molecule has 1 aromatic carbocycles. The van der Waals surface area contributed by atoms with Crippen LogP contribution in [0.15, 0.2) is 18.2 Å². The fraction of sp³-hybridized carbons (Fsp3) is 0.647. The van der Waals surface area contributed by atoms with E-state index >= 15 is 0 Å². The molecule has 0 aromatic heterocycles. The molecular formula is C17H28N2O3. The molecule has 1 aliphatic heterocycles. The van der Waals surface area contributed by atoms with E-state index < -0.39 is 0 Å². The molecule has 2 N–H and O–H groups in total. The third-order valence-corrected chi connectivity index (χ3v) is 4.23. The fourth-order valence-electron chi connectivity index (χ4n) is 2.93. The van der Waals surface area contributed by atoms with E-state index in [4.69, 9.17) is 9.47 Å². The highest BCUT2D eigenvalue weighted by Gasteiger charge is 2.17. The molecule has 0 saturated carbocycles. The number of hydrogen-bond acceptors (Lipinski definition) is 5. The van der Waals surface area contributed by atoms with E-state index in [0.717, 1.165) is 36.7 Å². The van der Waals surface area contributed by atoms with E-state index in [1.807, 2.05) is 18.2 Å². The molecule has 5 nitrogen and oxygen atoms in total. The molecule has 0 spiro atoms. The second kappa shape index (κ2) is 8.36. The molecule has 1 heterocycles. The third kappa shape index (κ3) is 4.60. The zero-order chi connectivity index (χ0) is 15.9. The van der Waals surface area contributed by atoms with Crippen molar-refractivity contribution in [3.63, 3.8) is 0 Å². The van der Waals surface area contributed by atoms with Gasteiger partial charge in [0, 0.05) is 24.7 Å². The molecular weight excluding hydrogens is 280 g/mol. The van der Waals surface area contributed by atoms with Gasteiger partial charge in [0.2, 0.25) is 0 Å². The topological polar surface area (TPSA) is 54.0 Å². The Morgan fingerprint density at radius 1 is 1.23 bits per heavy atom. The Hall–Kier alpha value is -1.30. The number of aliphatic hydroxyl groups excluding tert-OH is 1. The molecule has 22 heavy (non-hydrogen) atoms. The number of hydrogen-bond donors (Lipinski definition) is 2. The van der Waals surface area contributed by atoms with Crippen molar-refractivity contribution in [2.75, 3.05) is 40.4 Å². The maximum absolute atomic E-state index is 10.2. The summed E-state index contributed by atoms with van der Waals surface area (Å²) in [6.07, 6.45) is 2.15. The van der Waals surface area contributed by atoms with Gasteiger partial charge in [-0.15, -0.1) is 0 Å². The quantitative estimate of drug-likeness (QED) is 0.767. The normalized spacial score (nSPS) is 18.2. The number of rotatable bonds is 8. The first-order valence-corrected chi connectivity index (χ1v) is 7.99. The summed E-state index contributed by atoms with van der Waals surface area (Å²) in [5.74, 6) is 1.64. The van der Waals surface area contributed by atoms with Crippen LogP contribution in [0.4, 0.5) is 0 Å². The summed E-state index contributed by atoms with van der Waals surface area (Å²) >= 11 is 0. The number of aliphatic hydroxyl groups is 1. The number of benzene rings is 1. The number of nitrogens with zero attached hydrogens (tertiary/aromatic N) is 1. The summed E-state index contributed by atoms with van der Waals surface area (Å²) in [7, 11) is 3.32. The molecule has 124 valence electrons. The number of methoxy groups -OCH3 is 2. The van der Waals surface area contributed by atoms with Gasteiger partial charge in [0.25, 0.3) is 0 Å². The summed E-state index contributed by atoms with van der Waals surface area (Å²) in [6, 6.07) is 5.85. The van der Waals surface area contributed by atoms with Crippen molar-refractivity contribution in [2.24, 2.45) is 0 Å². The van der Waals surface area contributed by atoms with Crippen LogP contribution in [0.25, 0.3) is 0 Å². The smallest absolute Gasteiger partial charge is 0.123 e. The molecule has 5 heteroatoms. The highest BCUT2D eigenvalue weighted by atomic mass is 16.5. The van der Waals surface area contributed by atoms with Crippen molar-refractivity contribution in [3.8, 4) is 11.5 Å². The van der Waals surface area contributed by atoms with Crippen molar-refractivity contribution in [3.05, 3.63) is 23.8 Å². The lowest BCUT2D eigenvalue weighted by Gasteiger charge is -2.23. The molecule has 2 unspecified atom stereocenters. The lowest BCUT2D eigenvalue weighted by molar-refractivity contribution is 0.121. The zero-order valence-corrected chi connectivity index (χ0v) is 13.8. The Labute approximate surface area is 133 Å².